The number of anilines is 1. The summed E-state index contributed by atoms with van der Waals surface area (Å²) in [5, 5.41) is 8.43. The molecule has 0 aliphatic carbocycles. The van der Waals surface area contributed by atoms with E-state index in [1.54, 1.807) is 21.8 Å². The normalized spacial score (nSPS) is 14.2. The van der Waals surface area contributed by atoms with E-state index >= 15 is 0 Å². The topological polar surface area (TPSA) is 96.2 Å². The molecule has 0 bridgehead atoms. The molecule has 1 fully saturated rings. The molecule has 0 spiro atoms. The van der Waals surface area contributed by atoms with Crippen molar-refractivity contribution in [2.75, 3.05) is 37.6 Å². The molecule has 0 atom stereocenters. The van der Waals surface area contributed by atoms with E-state index in [-0.39, 0.29) is 23.0 Å². The summed E-state index contributed by atoms with van der Waals surface area (Å²) in [6.45, 7) is 2.22. The van der Waals surface area contributed by atoms with Crippen molar-refractivity contribution < 1.29 is 9.59 Å². The van der Waals surface area contributed by atoms with Crippen LogP contribution in [0.25, 0.3) is 11.0 Å². The highest BCUT2D eigenvalue weighted by Crippen LogP contribution is 2.23. The van der Waals surface area contributed by atoms with Gasteiger partial charge in [0.1, 0.15) is 12.1 Å². The summed E-state index contributed by atoms with van der Waals surface area (Å²) in [4.78, 5) is 37.3. The van der Waals surface area contributed by atoms with Crippen LogP contribution >= 0.6 is 23.2 Å². The number of halogens is 2. The van der Waals surface area contributed by atoms with Crippen LogP contribution in [0.4, 0.5) is 5.82 Å². The zero-order valence-electron chi connectivity index (χ0n) is 16.2. The van der Waals surface area contributed by atoms with Crippen LogP contribution in [-0.4, -0.2) is 69.2 Å². The smallest absolute Gasteiger partial charge is 0.253 e. The number of hydrogen-bond acceptors (Lipinski definition) is 6. The van der Waals surface area contributed by atoms with Gasteiger partial charge in [0.2, 0.25) is 5.91 Å². The number of carbonyl (C=O) groups excluding carboxylic acids is 2. The summed E-state index contributed by atoms with van der Waals surface area (Å²) >= 11 is 11.9. The molecule has 2 amide bonds. The van der Waals surface area contributed by atoms with Gasteiger partial charge in [0.05, 0.1) is 28.7 Å². The van der Waals surface area contributed by atoms with Gasteiger partial charge in [0.25, 0.3) is 5.91 Å². The Labute approximate surface area is 182 Å². The molecule has 3 aromatic rings. The number of fused-ring (bicyclic) bond motifs is 1. The number of nitrogens with one attached hydrogen (secondary N) is 1. The SMILES string of the molecule is Cn1ncc2c(N3CCN(C(=O)CNC(=O)c4ccc(Cl)cc4Cl)CC3)ncnc21. The molecule has 11 heteroatoms. The summed E-state index contributed by atoms with van der Waals surface area (Å²) in [6, 6.07) is 4.60. The molecular weight excluding hydrogens is 429 g/mol. The van der Waals surface area contributed by atoms with E-state index in [4.69, 9.17) is 23.2 Å². The molecule has 9 nitrogen and oxygen atoms in total. The van der Waals surface area contributed by atoms with Gasteiger partial charge in [0.15, 0.2) is 5.65 Å². The number of carbonyl (C=O) groups is 2. The Morgan fingerprint density at radius 1 is 1.13 bits per heavy atom. The predicted molar refractivity (Wildman–Crippen MR) is 114 cm³/mol. The quantitative estimate of drug-likeness (QED) is 0.654. The maximum absolute atomic E-state index is 12.5. The Morgan fingerprint density at radius 2 is 1.90 bits per heavy atom. The van der Waals surface area contributed by atoms with Gasteiger partial charge in [-0.2, -0.15) is 5.10 Å². The molecule has 1 saturated heterocycles. The van der Waals surface area contributed by atoms with Crippen LogP contribution in [0.2, 0.25) is 10.0 Å². The maximum atomic E-state index is 12.5. The van der Waals surface area contributed by atoms with Crippen molar-refractivity contribution in [3.8, 4) is 0 Å². The van der Waals surface area contributed by atoms with Crippen molar-refractivity contribution in [2.45, 2.75) is 0 Å². The Balaban J connectivity index is 1.33. The molecule has 3 heterocycles. The highest BCUT2D eigenvalue weighted by atomic mass is 35.5. The predicted octanol–water partition coefficient (Wildman–Crippen LogP) is 1.75. The van der Waals surface area contributed by atoms with E-state index in [9.17, 15) is 9.59 Å². The second-order valence-corrected chi connectivity index (χ2v) is 7.72. The number of rotatable bonds is 4. The highest BCUT2D eigenvalue weighted by Gasteiger charge is 2.24. The van der Waals surface area contributed by atoms with Gasteiger partial charge in [0, 0.05) is 38.2 Å². The van der Waals surface area contributed by atoms with Crippen molar-refractivity contribution in [2.24, 2.45) is 7.05 Å². The second kappa shape index (κ2) is 8.45. The standard InChI is InChI=1S/C19H19Cl2N7O2/c1-26-17-14(9-25-26)18(24-11-23-17)28-6-4-27(5-7-28)16(29)10-22-19(30)13-3-2-12(20)8-15(13)21/h2-3,8-9,11H,4-7,10H2,1H3,(H,22,30). The first-order chi connectivity index (χ1) is 14.4. The first kappa shape index (κ1) is 20.4. The lowest BCUT2D eigenvalue weighted by molar-refractivity contribution is -0.130. The maximum Gasteiger partial charge on any atom is 0.253 e. The van der Waals surface area contributed by atoms with Crippen LogP contribution in [-0.2, 0) is 11.8 Å². The molecular formula is C19H19Cl2N7O2. The number of piperazine rings is 1. The fourth-order valence-corrected chi connectivity index (χ4v) is 3.90. The minimum Gasteiger partial charge on any atom is -0.352 e. The van der Waals surface area contributed by atoms with E-state index in [0.29, 0.717) is 31.2 Å². The molecule has 1 aliphatic rings. The summed E-state index contributed by atoms with van der Waals surface area (Å²) < 4.78 is 1.70. The van der Waals surface area contributed by atoms with Crippen molar-refractivity contribution >= 4 is 51.9 Å². The zero-order chi connectivity index (χ0) is 21.3. The number of benzene rings is 1. The Bertz CT molecular complexity index is 1110. The van der Waals surface area contributed by atoms with Gasteiger partial charge in [-0.1, -0.05) is 23.2 Å². The van der Waals surface area contributed by atoms with Gasteiger partial charge in [-0.3, -0.25) is 14.3 Å². The van der Waals surface area contributed by atoms with Crippen LogP contribution in [0, 0.1) is 0 Å². The molecule has 1 aliphatic heterocycles. The van der Waals surface area contributed by atoms with Crippen LogP contribution in [0.1, 0.15) is 10.4 Å². The Kier molecular flexibility index (Phi) is 5.74. The third-order valence-electron chi connectivity index (χ3n) is 5.02. The second-order valence-electron chi connectivity index (χ2n) is 6.88. The third-order valence-corrected chi connectivity index (χ3v) is 5.56. The summed E-state index contributed by atoms with van der Waals surface area (Å²) in [5.74, 6) is 0.247. The van der Waals surface area contributed by atoms with Crippen molar-refractivity contribution in [3.63, 3.8) is 0 Å². The average molecular weight is 448 g/mol. The first-order valence-electron chi connectivity index (χ1n) is 9.32. The number of aromatic nitrogens is 4. The van der Waals surface area contributed by atoms with Gasteiger partial charge in [-0.05, 0) is 18.2 Å². The van der Waals surface area contributed by atoms with Crippen LogP contribution in [0.3, 0.4) is 0 Å². The summed E-state index contributed by atoms with van der Waals surface area (Å²) in [6.07, 6.45) is 3.27. The number of amides is 2. The van der Waals surface area contributed by atoms with E-state index in [2.05, 4.69) is 25.3 Å². The van der Waals surface area contributed by atoms with E-state index in [1.807, 2.05) is 7.05 Å². The zero-order valence-corrected chi connectivity index (χ0v) is 17.7. The van der Waals surface area contributed by atoms with E-state index < -0.39 is 5.91 Å². The third kappa shape index (κ3) is 4.03. The lowest BCUT2D eigenvalue weighted by atomic mass is 10.2. The first-order valence-corrected chi connectivity index (χ1v) is 10.1. The molecule has 0 radical (unpaired) electrons. The van der Waals surface area contributed by atoms with Crippen LogP contribution < -0.4 is 10.2 Å². The van der Waals surface area contributed by atoms with Gasteiger partial charge in [-0.15, -0.1) is 0 Å². The van der Waals surface area contributed by atoms with E-state index in [0.717, 1.165) is 16.9 Å². The van der Waals surface area contributed by atoms with Gasteiger partial charge >= 0.3 is 0 Å². The highest BCUT2D eigenvalue weighted by molar-refractivity contribution is 6.36. The van der Waals surface area contributed by atoms with E-state index in [1.165, 1.54) is 18.5 Å². The molecule has 0 saturated carbocycles. The monoisotopic (exact) mass is 447 g/mol. The molecule has 2 aromatic heterocycles. The van der Waals surface area contributed by atoms with Crippen molar-refractivity contribution in [1.82, 2.24) is 30.0 Å². The number of nitrogens with zero attached hydrogens (tertiary/aromatic N) is 6. The van der Waals surface area contributed by atoms with Gasteiger partial charge in [-0.25, -0.2) is 9.97 Å². The lowest BCUT2D eigenvalue weighted by Crippen LogP contribution is -2.51. The molecule has 4 rings (SSSR count). The minimum absolute atomic E-state index is 0.0991. The summed E-state index contributed by atoms with van der Waals surface area (Å²) in [5.41, 5.74) is 1.05. The molecule has 30 heavy (non-hydrogen) atoms. The lowest BCUT2D eigenvalue weighted by Gasteiger charge is -2.35. The minimum atomic E-state index is -0.413. The average Bonchev–Trinajstić information content (AvgIpc) is 3.13. The van der Waals surface area contributed by atoms with Crippen molar-refractivity contribution in [1.29, 1.82) is 0 Å². The molecule has 0 unspecified atom stereocenters. The van der Waals surface area contributed by atoms with Gasteiger partial charge < -0.3 is 15.1 Å². The van der Waals surface area contributed by atoms with Crippen molar-refractivity contribution in [3.05, 3.63) is 46.3 Å². The Hall–Kier alpha value is -2.91. The molecule has 1 N–H and O–H groups in total. The largest absolute Gasteiger partial charge is 0.352 e. The van der Waals surface area contributed by atoms with Crippen LogP contribution in [0.5, 0.6) is 0 Å². The number of aryl methyl sites for hydroxylation is 1. The fourth-order valence-electron chi connectivity index (χ4n) is 3.41. The molecule has 1 aromatic carbocycles. The summed E-state index contributed by atoms with van der Waals surface area (Å²) in [7, 11) is 1.83. The number of hydrogen-bond donors (Lipinski definition) is 1. The fraction of sp³-hybridized carbons (Fsp3) is 0.316. The van der Waals surface area contributed by atoms with Crippen LogP contribution in [0.15, 0.2) is 30.7 Å². The molecule has 156 valence electrons. The Morgan fingerprint density at radius 3 is 2.63 bits per heavy atom.